The Kier molecular flexibility index (Phi) is 4.10. The van der Waals surface area contributed by atoms with Crippen LogP contribution in [0.5, 0.6) is 0 Å². The molecule has 0 aliphatic rings. The summed E-state index contributed by atoms with van der Waals surface area (Å²) in [7, 11) is 2.10. The molecule has 0 saturated carbocycles. The number of nitrogens with zero attached hydrogens (tertiary/aromatic N) is 1. The molecule has 2 heteroatoms. The SMILES string of the molecule is Cc1ccc(CCN(C)c2c(C)cccc2N)cc1. The Balaban J connectivity index is 2.05. The Bertz CT molecular complexity index is 523. The molecule has 0 aromatic heterocycles. The first-order valence-corrected chi connectivity index (χ1v) is 6.69. The lowest BCUT2D eigenvalue weighted by atomic mass is 10.1. The van der Waals surface area contributed by atoms with Crippen molar-refractivity contribution in [2.75, 3.05) is 24.2 Å². The van der Waals surface area contributed by atoms with E-state index in [4.69, 9.17) is 5.73 Å². The smallest absolute Gasteiger partial charge is 0.0627 e. The molecule has 0 heterocycles. The number of hydrogen-bond donors (Lipinski definition) is 1. The highest BCUT2D eigenvalue weighted by Crippen LogP contribution is 2.26. The fourth-order valence-electron chi connectivity index (χ4n) is 2.37. The summed E-state index contributed by atoms with van der Waals surface area (Å²) in [5.41, 5.74) is 12.0. The molecule has 19 heavy (non-hydrogen) atoms. The van der Waals surface area contributed by atoms with Crippen LogP contribution in [-0.2, 0) is 6.42 Å². The lowest BCUT2D eigenvalue weighted by Crippen LogP contribution is -2.22. The number of likely N-dealkylation sites (N-methyl/N-ethyl adjacent to an activating group) is 1. The summed E-state index contributed by atoms with van der Waals surface area (Å²) >= 11 is 0. The molecule has 0 spiro atoms. The van der Waals surface area contributed by atoms with Gasteiger partial charge in [-0.1, -0.05) is 42.0 Å². The third-order valence-electron chi connectivity index (χ3n) is 3.51. The van der Waals surface area contributed by atoms with Crippen LogP contribution in [0.15, 0.2) is 42.5 Å². The van der Waals surface area contributed by atoms with Gasteiger partial charge in [-0.15, -0.1) is 0 Å². The lowest BCUT2D eigenvalue weighted by Gasteiger charge is -2.23. The van der Waals surface area contributed by atoms with E-state index in [2.05, 4.69) is 56.1 Å². The van der Waals surface area contributed by atoms with Crippen LogP contribution in [0.3, 0.4) is 0 Å². The van der Waals surface area contributed by atoms with Crippen molar-refractivity contribution in [3.63, 3.8) is 0 Å². The topological polar surface area (TPSA) is 29.3 Å². The van der Waals surface area contributed by atoms with Crippen molar-refractivity contribution in [1.29, 1.82) is 0 Å². The third kappa shape index (κ3) is 3.28. The molecular weight excluding hydrogens is 232 g/mol. The monoisotopic (exact) mass is 254 g/mol. The van der Waals surface area contributed by atoms with Crippen molar-refractivity contribution >= 4 is 11.4 Å². The molecule has 100 valence electrons. The van der Waals surface area contributed by atoms with Crippen molar-refractivity contribution in [1.82, 2.24) is 0 Å². The van der Waals surface area contributed by atoms with E-state index in [1.807, 2.05) is 12.1 Å². The van der Waals surface area contributed by atoms with E-state index in [9.17, 15) is 0 Å². The number of nitrogen functional groups attached to an aromatic ring is 1. The minimum atomic E-state index is 0.853. The fourth-order valence-corrected chi connectivity index (χ4v) is 2.37. The maximum atomic E-state index is 6.07. The van der Waals surface area contributed by atoms with Crippen LogP contribution in [0.1, 0.15) is 16.7 Å². The van der Waals surface area contributed by atoms with E-state index in [1.165, 1.54) is 16.7 Å². The summed E-state index contributed by atoms with van der Waals surface area (Å²) in [6.07, 6.45) is 1.03. The van der Waals surface area contributed by atoms with Crippen LogP contribution in [-0.4, -0.2) is 13.6 Å². The fraction of sp³-hybridized carbons (Fsp3) is 0.294. The van der Waals surface area contributed by atoms with Crippen LogP contribution in [0.4, 0.5) is 11.4 Å². The van der Waals surface area contributed by atoms with Crippen molar-refractivity contribution in [2.24, 2.45) is 0 Å². The number of aryl methyl sites for hydroxylation is 2. The second kappa shape index (κ2) is 5.79. The summed E-state index contributed by atoms with van der Waals surface area (Å²) in [5.74, 6) is 0. The van der Waals surface area contributed by atoms with Crippen molar-refractivity contribution in [3.8, 4) is 0 Å². The lowest BCUT2D eigenvalue weighted by molar-refractivity contribution is 0.874. The zero-order valence-corrected chi connectivity index (χ0v) is 12.0. The predicted molar refractivity (Wildman–Crippen MR) is 83.7 cm³/mol. The number of rotatable bonds is 4. The van der Waals surface area contributed by atoms with Gasteiger partial charge in [0.25, 0.3) is 0 Å². The van der Waals surface area contributed by atoms with Crippen LogP contribution in [0.25, 0.3) is 0 Å². The second-order valence-corrected chi connectivity index (χ2v) is 5.17. The Labute approximate surface area is 115 Å². The van der Waals surface area contributed by atoms with E-state index in [0.29, 0.717) is 0 Å². The number of hydrogen-bond acceptors (Lipinski definition) is 2. The first-order valence-electron chi connectivity index (χ1n) is 6.69. The molecular formula is C17H22N2. The molecule has 0 unspecified atom stereocenters. The first-order chi connectivity index (χ1) is 9.08. The normalized spacial score (nSPS) is 10.5. The highest BCUT2D eigenvalue weighted by molar-refractivity contribution is 5.71. The molecule has 2 rings (SSSR count). The van der Waals surface area contributed by atoms with E-state index >= 15 is 0 Å². The van der Waals surface area contributed by atoms with Gasteiger partial charge in [0.15, 0.2) is 0 Å². The maximum absolute atomic E-state index is 6.07. The van der Waals surface area contributed by atoms with Gasteiger partial charge < -0.3 is 10.6 Å². The van der Waals surface area contributed by atoms with Crippen molar-refractivity contribution < 1.29 is 0 Å². The van der Waals surface area contributed by atoms with Gasteiger partial charge >= 0.3 is 0 Å². The molecule has 2 nitrogen and oxygen atoms in total. The van der Waals surface area contributed by atoms with Gasteiger partial charge in [-0.05, 0) is 37.5 Å². The average molecular weight is 254 g/mol. The van der Waals surface area contributed by atoms with E-state index in [0.717, 1.165) is 24.3 Å². The Morgan fingerprint density at radius 3 is 2.32 bits per heavy atom. The van der Waals surface area contributed by atoms with Gasteiger partial charge in [-0.3, -0.25) is 0 Å². The molecule has 0 aliphatic carbocycles. The van der Waals surface area contributed by atoms with Gasteiger partial charge in [-0.25, -0.2) is 0 Å². The average Bonchev–Trinajstić information content (AvgIpc) is 2.38. The number of nitrogens with two attached hydrogens (primary N) is 1. The quantitative estimate of drug-likeness (QED) is 0.845. The Morgan fingerprint density at radius 2 is 1.68 bits per heavy atom. The van der Waals surface area contributed by atoms with E-state index < -0.39 is 0 Å². The highest BCUT2D eigenvalue weighted by atomic mass is 15.1. The molecule has 2 aromatic rings. The van der Waals surface area contributed by atoms with Gasteiger partial charge in [0.05, 0.1) is 11.4 Å². The first kappa shape index (κ1) is 13.5. The van der Waals surface area contributed by atoms with E-state index in [1.54, 1.807) is 0 Å². The number of anilines is 2. The summed E-state index contributed by atoms with van der Waals surface area (Å²) < 4.78 is 0. The summed E-state index contributed by atoms with van der Waals surface area (Å²) in [6, 6.07) is 14.8. The molecule has 0 fully saturated rings. The molecule has 0 amide bonds. The Morgan fingerprint density at radius 1 is 1.00 bits per heavy atom. The number of benzene rings is 2. The van der Waals surface area contributed by atoms with Gasteiger partial charge in [0.1, 0.15) is 0 Å². The minimum Gasteiger partial charge on any atom is -0.397 e. The summed E-state index contributed by atoms with van der Waals surface area (Å²) in [6.45, 7) is 5.19. The predicted octanol–water partition coefficient (Wildman–Crippen LogP) is 3.56. The molecule has 0 bridgehead atoms. The third-order valence-corrected chi connectivity index (χ3v) is 3.51. The van der Waals surface area contributed by atoms with Crippen molar-refractivity contribution in [3.05, 3.63) is 59.2 Å². The number of para-hydroxylation sites is 1. The molecule has 2 N–H and O–H groups in total. The van der Waals surface area contributed by atoms with Gasteiger partial charge in [0.2, 0.25) is 0 Å². The largest absolute Gasteiger partial charge is 0.397 e. The van der Waals surface area contributed by atoms with Crippen LogP contribution in [0.2, 0.25) is 0 Å². The molecule has 0 atom stereocenters. The second-order valence-electron chi connectivity index (χ2n) is 5.17. The summed E-state index contributed by atoms with van der Waals surface area (Å²) in [5, 5.41) is 0. The van der Waals surface area contributed by atoms with E-state index in [-0.39, 0.29) is 0 Å². The van der Waals surface area contributed by atoms with Crippen LogP contribution >= 0.6 is 0 Å². The Hall–Kier alpha value is -1.96. The molecule has 2 aromatic carbocycles. The maximum Gasteiger partial charge on any atom is 0.0627 e. The minimum absolute atomic E-state index is 0.853. The van der Waals surface area contributed by atoms with Gasteiger partial charge in [0, 0.05) is 13.6 Å². The standard InChI is InChI=1S/C17H22N2/c1-13-7-9-15(10-8-13)11-12-19(3)17-14(2)5-4-6-16(17)18/h4-10H,11-12,18H2,1-3H3. The zero-order valence-electron chi connectivity index (χ0n) is 12.0. The van der Waals surface area contributed by atoms with Crippen LogP contribution in [0, 0.1) is 13.8 Å². The highest BCUT2D eigenvalue weighted by Gasteiger charge is 2.08. The van der Waals surface area contributed by atoms with Gasteiger partial charge in [-0.2, -0.15) is 0 Å². The zero-order chi connectivity index (χ0) is 13.8. The van der Waals surface area contributed by atoms with Crippen LogP contribution < -0.4 is 10.6 Å². The van der Waals surface area contributed by atoms with Crippen molar-refractivity contribution in [2.45, 2.75) is 20.3 Å². The molecule has 0 aliphatic heterocycles. The summed E-state index contributed by atoms with van der Waals surface area (Å²) in [4.78, 5) is 2.24. The molecule has 0 radical (unpaired) electrons. The molecule has 0 saturated heterocycles.